The summed E-state index contributed by atoms with van der Waals surface area (Å²) in [7, 11) is 0. The Bertz CT molecular complexity index is 510. The molecule has 0 fully saturated rings. The van der Waals surface area contributed by atoms with Crippen LogP contribution in [0.2, 0.25) is 0 Å². The summed E-state index contributed by atoms with van der Waals surface area (Å²) in [6.45, 7) is 2.96. The van der Waals surface area contributed by atoms with Gasteiger partial charge in [-0.1, -0.05) is 11.3 Å². The number of hydrogen-bond acceptors (Lipinski definition) is 4. The van der Waals surface area contributed by atoms with Crippen LogP contribution < -0.4 is 4.74 Å². The number of aromatic carboxylic acids is 1. The Hall–Kier alpha value is -1.53. The van der Waals surface area contributed by atoms with E-state index in [4.69, 9.17) is 9.84 Å². The number of aryl methyl sites for hydroxylation is 1. The molecule has 0 atom stereocenters. The molecule has 2 aromatic rings. The van der Waals surface area contributed by atoms with Gasteiger partial charge in [-0.25, -0.2) is 9.78 Å². The maximum absolute atomic E-state index is 10.8. The molecule has 0 aromatic carbocycles. The maximum atomic E-state index is 10.8. The van der Waals surface area contributed by atoms with Crippen molar-refractivity contribution < 1.29 is 14.6 Å². The quantitative estimate of drug-likeness (QED) is 0.918. The van der Waals surface area contributed by atoms with Crippen LogP contribution in [0.5, 0.6) is 5.06 Å². The Morgan fingerprint density at radius 1 is 1.61 bits per heavy atom. The molecule has 98 valence electrons. The van der Waals surface area contributed by atoms with E-state index in [-0.39, 0.29) is 12.4 Å². The van der Waals surface area contributed by atoms with E-state index < -0.39 is 5.97 Å². The Morgan fingerprint density at radius 3 is 2.94 bits per heavy atom. The molecule has 18 heavy (non-hydrogen) atoms. The molecule has 0 saturated heterocycles. The second-order valence-corrected chi connectivity index (χ2v) is 4.55. The number of nitrogens with zero attached hydrogens (tertiary/aromatic N) is 2. The van der Waals surface area contributed by atoms with Gasteiger partial charge >= 0.3 is 5.97 Å². The third kappa shape index (κ3) is 3.48. The minimum Gasteiger partial charge on any atom is -0.482 e. The molecule has 2 rings (SSSR count). The van der Waals surface area contributed by atoms with E-state index in [1.54, 1.807) is 25.5 Å². The maximum Gasteiger partial charge on any atom is 0.346 e. The highest BCUT2D eigenvalue weighted by atomic mass is 35.5. The van der Waals surface area contributed by atoms with Gasteiger partial charge in [-0.2, -0.15) is 0 Å². The predicted octanol–water partition coefficient (Wildman–Crippen LogP) is 2.45. The average Bonchev–Trinajstić information content (AvgIpc) is 2.88. The Morgan fingerprint density at radius 2 is 2.39 bits per heavy atom. The number of aromatic nitrogens is 2. The molecule has 2 heterocycles. The summed E-state index contributed by atoms with van der Waals surface area (Å²) in [5.74, 6) is -0.906. The van der Waals surface area contributed by atoms with Crippen molar-refractivity contribution in [1.82, 2.24) is 9.55 Å². The van der Waals surface area contributed by atoms with Gasteiger partial charge in [0.15, 0.2) is 5.06 Å². The molecule has 7 heteroatoms. The molecule has 0 saturated carbocycles. The lowest BCUT2D eigenvalue weighted by atomic mass is 10.3. The van der Waals surface area contributed by atoms with Gasteiger partial charge < -0.3 is 14.4 Å². The third-order valence-electron chi connectivity index (χ3n) is 2.24. The van der Waals surface area contributed by atoms with E-state index in [1.165, 1.54) is 0 Å². The number of ether oxygens (including phenoxy) is 1. The molecular formula is C11H13ClN2O3S. The number of carbonyl (C=O) groups is 1. The minimum atomic E-state index is -0.906. The molecule has 0 aliphatic rings. The SMILES string of the molecule is Cc1cc(OCCn2ccnc2)sc1C(=O)O.Cl. The highest BCUT2D eigenvalue weighted by Gasteiger charge is 2.12. The van der Waals surface area contributed by atoms with Gasteiger partial charge in [0.05, 0.1) is 12.9 Å². The Kier molecular flexibility index (Phi) is 5.18. The number of thiophene rings is 1. The van der Waals surface area contributed by atoms with Crippen molar-refractivity contribution in [1.29, 1.82) is 0 Å². The average molecular weight is 289 g/mol. The number of hydrogen-bond donors (Lipinski definition) is 1. The van der Waals surface area contributed by atoms with Crippen LogP contribution in [-0.4, -0.2) is 27.2 Å². The smallest absolute Gasteiger partial charge is 0.346 e. The fraction of sp³-hybridized carbons (Fsp3) is 0.273. The van der Waals surface area contributed by atoms with Crippen molar-refractivity contribution in [3.05, 3.63) is 35.2 Å². The number of carboxylic acid groups (broad SMARTS) is 1. The summed E-state index contributed by atoms with van der Waals surface area (Å²) in [5.41, 5.74) is 0.736. The van der Waals surface area contributed by atoms with Gasteiger partial charge in [-0.05, 0) is 18.6 Å². The van der Waals surface area contributed by atoms with E-state index in [9.17, 15) is 4.79 Å². The second-order valence-electron chi connectivity index (χ2n) is 3.53. The largest absolute Gasteiger partial charge is 0.482 e. The van der Waals surface area contributed by atoms with Crippen LogP contribution in [0.15, 0.2) is 24.8 Å². The van der Waals surface area contributed by atoms with Crippen molar-refractivity contribution in [2.75, 3.05) is 6.61 Å². The molecule has 5 nitrogen and oxygen atoms in total. The minimum absolute atomic E-state index is 0. The van der Waals surface area contributed by atoms with Crippen LogP contribution in [0.3, 0.4) is 0 Å². The van der Waals surface area contributed by atoms with E-state index in [0.29, 0.717) is 23.1 Å². The van der Waals surface area contributed by atoms with Gasteiger partial charge in [-0.3, -0.25) is 0 Å². The lowest BCUT2D eigenvalue weighted by Gasteiger charge is -2.03. The summed E-state index contributed by atoms with van der Waals surface area (Å²) in [4.78, 5) is 15.1. The zero-order valence-corrected chi connectivity index (χ0v) is 11.3. The highest BCUT2D eigenvalue weighted by Crippen LogP contribution is 2.28. The molecule has 0 radical (unpaired) electrons. The summed E-state index contributed by atoms with van der Waals surface area (Å²) < 4.78 is 7.40. The topological polar surface area (TPSA) is 64.4 Å². The van der Waals surface area contributed by atoms with Crippen molar-refractivity contribution in [2.45, 2.75) is 13.5 Å². The fourth-order valence-electron chi connectivity index (χ4n) is 1.41. The number of halogens is 1. The summed E-state index contributed by atoms with van der Waals surface area (Å²) in [6.07, 6.45) is 5.27. The van der Waals surface area contributed by atoms with Crippen molar-refractivity contribution in [2.24, 2.45) is 0 Å². The lowest BCUT2D eigenvalue weighted by molar-refractivity contribution is 0.0701. The van der Waals surface area contributed by atoms with Crippen LogP contribution in [0.1, 0.15) is 15.2 Å². The van der Waals surface area contributed by atoms with Gasteiger partial charge in [0, 0.05) is 12.4 Å². The molecule has 0 unspecified atom stereocenters. The monoisotopic (exact) mass is 288 g/mol. The summed E-state index contributed by atoms with van der Waals surface area (Å²) in [6, 6.07) is 1.75. The fourth-order valence-corrected chi connectivity index (χ4v) is 2.29. The normalized spacial score (nSPS) is 9.83. The standard InChI is InChI=1S/C11H12N2O3S.ClH/c1-8-6-9(17-10(8)11(14)15)16-5-4-13-3-2-12-7-13;/h2-3,6-7H,4-5H2,1H3,(H,14,15);1H. The van der Waals surface area contributed by atoms with Gasteiger partial charge in [0.2, 0.25) is 0 Å². The highest BCUT2D eigenvalue weighted by molar-refractivity contribution is 7.15. The molecule has 0 aliphatic heterocycles. The van der Waals surface area contributed by atoms with E-state index in [1.807, 2.05) is 10.8 Å². The number of imidazole rings is 1. The van der Waals surface area contributed by atoms with Crippen molar-refractivity contribution in [3.8, 4) is 5.06 Å². The molecule has 2 aromatic heterocycles. The Balaban J connectivity index is 0.00000162. The summed E-state index contributed by atoms with van der Waals surface area (Å²) in [5, 5.41) is 9.54. The molecule has 0 spiro atoms. The van der Waals surface area contributed by atoms with E-state index in [2.05, 4.69) is 4.98 Å². The van der Waals surface area contributed by atoms with Crippen LogP contribution in [0.25, 0.3) is 0 Å². The second kappa shape index (κ2) is 6.42. The van der Waals surface area contributed by atoms with E-state index >= 15 is 0 Å². The molecular weight excluding hydrogens is 276 g/mol. The van der Waals surface area contributed by atoms with E-state index in [0.717, 1.165) is 16.9 Å². The van der Waals surface area contributed by atoms with Crippen LogP contribution in [0, 0.1) is 6.92 Å². The third-order valence-corrected chi connectivity index (χ3v) is 3.38. The van der Waals surface area contributed by atoms with Crippen molar-refractivity contribution >= 4 is 29.7 Å². The zero-order valence-electron chi connectivity index (χ0n) is 9.70. The molecule has 0 aliphatic carbocycles. The van der Waals surface area contributed by atoms with Gasteiger partial charge in [-0.15, -0.1) is 12.4 Å². The zero-order chi connectivity index (χ0) is 12.3. The lowest BCUT2D eigenvalue weighted by Crippen LogP contribution is -2.05. The summed E-state index contributed by atoms with van der Waals surface area (Å²) >= 11 is 1.16. The molecule has 0 amide bonds. The molecule has 0 bridgehead atoms. The Labute approximate surface area is 114 Å². The first kappa shape index (κ1) is 14.5. The predicted molar refractivity (Wildman–Crippen MR) is 71.0 cm³/mol. The first-order chi connectivity index (χ1) is 8.16. The first-order valence-corrected chi connectivity index (χ1v) is 5.90. The number of rotatable bonds is 5. The number of carboxylic acids is 1. The van der Waals surface area contributed by atoms with Crippen LogP contribution in [0.4, 0.5) is 0 Å². The van der Waals surface area contributed by atoms with Crippen LogP contribution in [-0.2, 0) is 6.54 Å². The van der Waals surface area contributed by atoms with Gasteiger partial charge in [0.25, 0.3) is 0 Å². The molecule has 1 N–H and O–H groups in total. The first-order valence-electron chi connectivity index (χ1n) is 5.09. The van der Waals surface area contributed by atoms with Gasteiger partial charge in [0.1, 0.15) is 11.5 Å². The van der Waals surface area contributed by atoms with Crippen LogP contribution >= 0.6 is 23.7 Å². The van der Waals surface area contributed by atoms with Crippen molar-refractivity contribution in [3.63, 3.8) is 0 Å².